The molecule has 0 aromatic heterocycles. The summed E-state index contributed by atoms with van der Waals surface area (Å²) in [6.07, 6.45) is 1.51. The van der Waals surface area contributed by atoms with Crippen LogP contribution in [-0.4, -0.2) is 71.8 Å². The Kier molecular flexibility index (Phi) is 7.17. The zero-order chi connectivity index (χ0) is 22.3. The SMILES string of the molecule is O=C(OCC(=O)N1CCN(Cc2ccccc2)CC1)c1ccc(CN2CCCC2=O)cc1. The second kappa shape index (κ2) is 10.4. The summed E-state index contributed by atoms with van der Waals surface area (Å²) >= 11 is 0. The largest absolute Gasteiger partial charge is 0.452 e. The van der Waals surface area contributed by atoms with E-state index in [9.17, 15) is 14.4 Å². The molecule has 7 heteroatoms. The van der Waals surface area contributed by atoms with Crippen molar-refractivity contribution in [2.24, 2.45) is 0 Å². The molecular formula is C25H29N3O4. The summed E-state index contributed by atoms with van der Waals surface area (Å²) in [4.78, 5) is 42.4. The number of amides is 2. The molecule has 32 heavy (non-hydrogen) atoms. The first-order chi connectivity index (χ1) is 15.6. The normalized spacial score (nSPS) is 16.9. The second-order valence-electron chi connectivity index (χ2n) is 8.33. The molecule has 4 rings (SSSR count). The summed E-state index contributed by atoms with van der Waals surface area (Å²) in [7, 11) is 0. The van der Waals surface area contributed by atoms with Gasteiger partial charge in [0, 0.05) is 52.2 Å². The zero-order valence-electron chi connectivity index (χ0n) is 18.2. The first kappa shape index (κ1) is 22.0. The van der Waals surface area contributed by atoms with E-state index in [1.165, 1.54) is 5.56 Å². The Labute approximate surface area is 188 Å². The van der Waals surface area contributed by atoms with Crippen LogP contribution < -0.4 is 0 Å². The molecule has 2 aromatic carbocycles. The van der Waals surface area contributed by atoms with Gasteiger partial charge in [-0.25, -0.2) is 4.79 Å². The lowest BCUT2D eigenvalue weighted by Crippen LogP contribution is -2.49. The topological polar surface area (TPSA) is 70.2 Å². The van der Waals surface area contributed by atoms with E-state index in [4.69, 9.17) is 4.74 Å². The molecule has 0 radical (unpaired) electrons. The van der Waals surface area contributed by atoms with Crippen LogP contribution in [0.4, 0.5) is 0 Å². The smallest absolute Gasteiger partial charge is 0.338 e. The molecule has 0 aliphatic carbocycles. The van der Waals surface area contributed by atoms with E-state index in [1.807, 2.05) is 35.2 Å². The van der Waals surface area contributed by atoms with Crippen molar-refractivity contribution in [2.75, 3.05) is 39.3 Å². The molecule has 0 atom stereocenters. The molecule has 2 fully saturated rings. The first-order valence-corrected chi connectivity index (χ1v) is 11.2. The Morgan fingerprint density at radius 2 is 1.50 bits per heavy atom. The number of ether oxygens (including phenoxy) is 1. The van der Waals surface area contributed by atoms with Crippen LogP contribution in [0, 0.1) is 0 Å². The summed E-state index contributed by atoms with van der Waals surface area (Å²) < 4.78 is 5.25. The van der Waals surface area contributed by atoms with Gasteiger partial charge in [0.25, 0.3) is 5.91 Å². The van der Waals surface area contributed by atoms with Gasteiger partial charge in [-0.2, -0.15) is 0 Å². The monoisotopic (exact) mass is 435 g/mol. The molecule has 2 aromatic rings. The van der Waals surface area contributed by atoms with Gasteiger partial charge in [0.2, 0.25) is 5.91 Å². The van der Waals surface area contributed by atoms with E-state index in [0.717, 1.165) is 38.2 Å². The third-order valence-electron chi connectivity index (χ3n) is 6.04. The average molecular weight is 436 g/mol. The third kappa shape index (κ3) is 5.73. The number of esters is 1. The summed E-state index contributed by atoms with van der Waals surface area (Å²) in [6, 6.07) is 17.3. The number of piperazine rings is 1. The van der Waals surface area contributed by atoms with Crippen molar-refractivity contribution in [1.29, 1.82) is 0 Å². The van der Waals surface area contributed by atoms with Gasteiger partial charge in [0.15, 0.2) is 6.61 Å². The van der Waals surface area contributed by atoms with Gasteiger partial charge in [-0.05, 0) is 29.7 Å². The van der Waals surface area contributed by atoms with Crippen molar-refractivity contribution in [1.82, 2.24) is 14.7 Å². The Balaban J connectivity index is 1.19. The number of likely N-dealkylation sites (tertiary alicyclic amines) is 1. The first-order valence-electron chi connectivity index (χ1n) is 11.2. The van der Waals surface area contributed by atoms with Crippen LogP contribution in [0.1, 0.15) is 34.3 Å². The predicted molar refractivity (Wildman–Crippen MR) is 120 cm³/mol. The zero-order valence-corrected chi connectivity index (χ0v) is 18.2. The van der Waals surface area contributed by atoms with Crippen molar-refractivity contribution in [3.05, 3.63) is 71.3 Å². The fourth-order valence-electron chi connectivity index (χ4n) is 4.14. The van der Waals surface area contributed by atoms with E-state index < -0.39 is 5.97 Å². The van der Waals surface area contributed by atoms with Crippen molar-refractivity contribution in [3.8, 4) is 0 Å². The summed E-state index contributed by atoms with van der Waals surface area (Å²) in [5.41, 5.74) is 2.64. The molecule has 7 nitrogen and oxygen atoms in total. The van der Waals surface area contributed by atoms with Gasteiger partial charge >= 0.3 is 5.97 Å². The number of carbonyl (C=O) groups is 3. The number of nitrogens with zero attached hydrogens (tertiary/aromatic N) is 3. The molecular weight excluding hydrogens is 406 g/mol. The Bertz CT molecular complexity index is 937. The summed E-state index contributed by atoms with van der Waals surface area (Å²) in [6.45, 7) is 4.83. The quantitative estimate of drug-likeness (QED) is 0.625. The van der Waals surface area contributed by atoms with Crippen molar-refractivity contribution in [2.45, 2.75) is 25.9 Å². The highest BCUT2D eigenvalue weighted by atomic mass is 16.5. The average Bonchev–Trinajstić information content (AvgIpc) is 3.23. The lowest BCUT2D eigenvalue weighted by atomic mass is 10.1. The van der Waals surface area contributed by atoms with E-state index in [0.29, 0.717) is 31.6 Å². The van der Waals surface area contributed by atoms with Gasteiger partial charge in [-0.15, -0.1) is 0 Å². The second-order valence-corrected chi connectivity index (χ2v) is 8.33. The highest BCUT2D eigenvalue weighted by molar-refractivity contribution is 5.91. The summed E-state index contributed by atoms with van der Waals surface area (Å²) in [5.74, 6) is -0.500. The molecule has 2 aliphatic rings. The lowest BCUT2D eigenvalue weighted by molar-refractivity contribution is -0.136. The molecule has 0 N–H and O–H groups in total. The van der Waals surface area contributed by atoms with Gasteiger partial charge < -0.3 is 14.5 Å². The van der Waals surface area contributed by atoms with E-state index in [-0.39, 0.29) is 18.4 Å². The minimum atomic E-state index is -0.509. The van der Waals surface area contributed by atoms with Crippen molar-refractivity contribution in [3.63, 3.8) is 0 Å². The van der Waals surface area contributed by atoms with Crippen LogP contribution in [-0.2, 0) is 27.4 Å². The van der Waals surface area contributed by atoms with Crippen LogP contribution in [0.25, 0.3) is 0 Å². The van der Waals surface area contributed by atoms with E-state index in [2.05, 4.69) is 17.0 Å². The molecule has 0 saturated carbocycles. The molecule has 0 bridgehead atoms. The number of rotatable bonds is 7. The fraction of sp³-hybridized carbons (Fsp3) is 0.400. The highest BCUT2D eigenvalue weighted by Gasteiger charge is 2.23. The minimum Gasteiger partial charge on any atom is -0.452 e. The number of hydrogen-bond acceptors (Lipinski definition) is 5. The van der Waals surface area contributed by atoms with Crippen LogP contribution in [0.2, 0.25) is 0 Å². The molecule has 2 heterocycles. The van der Waals surface area contributed by atoms with Crippen molar-refractivity contribution < 1.29 is 19.1 Å². The molecule has 2 aliphatic heterocycles. The maximum Gasteiger partial charge on any atom is 0.338 e. The maximum absolute atomic E-state index is 12.5. The third-order valence-corrected chi connectivity index (χ3v) is 6.04. The van der Waals surface area contributed by atoms with Crippen LogP contribution in [0.5, 0.6) is 0 Å². The van der Waals surface area contributed by atoms with Gasteiger partial charge in [0.1, 0.15) is 0 Å². The Morgan fingerprint density at radius 3 is 2.16 bits per heavy atom. The molecule has 0 unspecified atom stereocenters. The predicted octanol–water partition coefficient (Wildman–Crippen LogP) is 2.31. The fourth-order valence-corrected chi connectivity index (χ4v) is 4.14. The van der Waals surface area contributed by atoms with E-state index >= 15 is 0 Å². The van der Waals surface area contributed by atoms with E-state index in [1.54, 1.807) is 17.0 Å². The standard InChI is InChI=1S/C25H29N3O4/c29-23-7-4-12-28(23)18-21-8-10-22(11-9-21)25(31)32-19-24(30)27-15-13-26(14-16-27)17-20-5-2-1-3-6-20/h1-3,5-6,8-11H,4,7,12-19H2. The van der Waals surface area contributed by atoms with Gasteiger partial charge in [-0.3, -0.25) is 14.5 Å². The lowest BCUT2D eigenvalue weighted by Gasteiger charge is -2.34. The van der Waals surface area contributed by atoms with Gasteiger partial charge in [0.05, 0.1) is 5.56 Å². The van der Waals surface area contributed by atoms with Crippen LogP contribution in [0.3, 0.4) is 0 Å². The Hall–Kier alpha value is -3.19. The maximum atomic E-state index is 12.5. The molecule has 0 spiro atoms. The van der Waals surface area contributed by atoms with Crippen LogP contribution >= 0.6 is 0 Å². The Morgan fingerprint density at radius 1 is 0.812 bits per heavy atom. The van der Waals surface area contributed by atoms with Gasteiger partial charge in [-0.1, -0.05) is 42.5 Å². The van der Waals surface area contributed by atoms with Crippen LogP contribution in [0.15, 0.2) is 54.6 Å². The number of hydrogen-bond donors (Lipinski definition) is 0. The highest BCUT2D eigenvalue weighted by Crippen LogP contribution is 2.15. The number of carbonyl (C=O) groups excluding carboxylic acids is 3. The number of benzene rings is 2. The molecule has 2 amide bonds. The molecule has 2 saturated heterocycles. The minimum absolute atomic E-state index is 0.165. The molecule has 168 valence electrons. The summed E-state index contributed by atoms with van der Waals surface area (Å²) in [5, 5.41) is 0. The van der Waals surface area contributed by atoms with Crippen molar-refractivity contribution >= 4 is 17.8 Å².